The van der Waals surface area contributed by atoms with E-state index >= 15 is 0 Å². The number of hydrogen-bond donors (Lipinski definition) is 2. The molecule has 0 aliphatic carbocycles. The first-order valence-corrected chi connectivity index (χ1v) is 6.17. The molecule has 0 atom stereocenters. The monoisotopic (exact) mass is 261 g/mol. The van der Waals surface area contributed by atoms with Crippen molar-refractivity contribution in [1.29, 1.82) is 0 Å². The standard InChI is InChI=1S/C12H21F2N3O/c1-9(2)5-15-6-10-7-16-12(17-10)3-4-18-8-11(13)14/h7,9,11,15H,3-6,8H2,1-2H3,(H,16,17). The van der Waals surface area contributed by atoms with E-state index in [2.05, 4.69) is 29.1 Å². The molecule has 1 aromatic heterocycles. The Hall–Kier alpha value is -1.01. The Balaban J connectivity index is 2.17. The molecule has 1 aromatic rings. The van der Waals surface area contributed by atoms with Crippen molar-refractivity contribution in [2.24, 2.45) is 5.92 Å². The summed E-state index contributed by atoms with van der Waals surface area (Å²) in [5.74, 6) is 1.38. The first-order valence-electron chi connectivity index (χ1n) is 6.17. The summed E-state index contributed by atoms with van der Waals surface area (Å²) in [6.07, 6.45) is -0.121. The van der Waals surface area contributed by atoms with Crippen LogP contribution in [0.2, 0.25) is 0 Å². The van der Waals surface area contributed by atoms with Crippen molar-refractivity contribution in [2.75, 3.05) is 19.8 Å². The van der Waals surface area contributed by atoms with Crippen LogP contribution in [0.1, 0.15) is 25.4 Å². The highest BCUT2D eigenvalue weighted by Crippen LogP contribution is 2.00. The molecule has 0 bridgehead atoms. The second kappa shape index (κ2) is 8.16. The summed E-state index contributed by atoms with van der Waals surface area (Å²) in [6.45, 7) is 5.73. The Morgan fingerprint density at radius 3 is 2.89 bits per heavy atom. The fourth-order valence-electron chi connectivity index (χ4n) is 1.46. The van der Waals surface area contributed by atoms with E-state index in [9.17, 15) is 8.78 Å². The second-order valence-corrected chi connectivity index (χ2v) is 4.60. The van der Waals surface area contributed by atoms with Crippen LogP contribution in [0, 0.1) is 5.92 Å². The number of ether oxygens (including phenoxy) is 1. The van der Waals surface area contributed by atoms with Gasteiger partial charge in [-0.25, -0.2) is 13.8 Å². The number of rotatable bonds is 9. The van der Waals surface area contributed by atoms with E-state index in [1.807, 2.05) is 0 Å². The number of imidazole rings is 1. The maximum absolute atomic E-state index is 11.8. The molecule has 0 saturated carbocycles. The highest BCUT2D eigenvalue weighted by molar-refractivity contribution is 5.01. The fourth-order valence-corrected chi connectivity index (χ4v) is 1.46. The molecule has 0 aliphatic heterocycles. The van der Waals surface area contributed by atoms with Crippen LogP contribution in [-0.2, 0) is 17.7 Å². The summed E-state index contributed by atoms with van der Waals surface area (Å²) in [6, 6.07) is 0. The van der Waals surface area contributed by atoms with Crippen LogP contribution in [0.3, 0.4) is 0 Å². The third-order valence-corrected chi connectivity index (χ3v) is 2.28. The van der Waals surface area contributed by atoms with Gasteiger partial charge in [0.1, 0.15) is 12.4 Å². The first kappa shape index (κ1) is 15.0. The molecule has 1 heterocycles. The van der Waals surface area contributed by atoms with E-state index in [1.165, 1.54) is 0 Å². The molecule has 0 aromatic carbocycles. The summed E-state index contributed by atoms with van der Waals surface area (Å²) < 4.78 is 28.4. The SMILES string of the molecule is CC(C)CNCc1cnc(CCOCC(F)F)[nH]1. The van der Waals surface area contributed by atoms with Gasteiger partial charge in [-0.05, 0) is 12.5 Å². The largest absolute Gasteiger partial charge is 0.375 e. The molecule has 1 rings (SSSR count). The Morgan fingerprint density at radius 1 is 1.44 bits per heavy atom. The van der Waals surface area contributed by atoms with Gasteiger partial charge in [0, 0.05) is 24.9 Å². The van der Waals surface area contributed by atoms with E-state index < -0.39 is 13.0 Å². The maximum Gasteiger partial charge on any atom is 0.261 e. The number of nitrogens with zero attached hydrogens (tertiary/aromatic N) is 1. The molecule has 0 saturated heterocycles. The molecule has 4 nitrogen and oxygen atoms in total. The van der Waals surface area contributed by atoms with Gasteiger partial charge in [0.05, 0.1) is 6.61 Å². The van der Waals surface area contributed by atoms with Gasteiger partial charge in [-0.15, -0.1) is 0 Å². The predicted molar refractivity (Wildman–Crippen MR) is 65.7 cm³/mol. The summed E-state index contributed by atoms with van der Waals surface area (Å²) in [4.78, 5) is 7.30. The number of alkyl halides is 2. The van der Waals surface area contributed by atoms with Crippen molar-refractivity contribution in [3.8, 4) is 0 Å². The van der Waals surface area contributed by atoms with E-state index in [0.29, 0.717) is 12.3 Å². The maximum atomic E-state index is 11.8. The van der Waals surface area contributed by atoms with Crippen molar-refractivity contribution in [2.45, 2.75) is 33.2 Å². The molecule has 104 valence electrons. The smallest absolute Gasteiger partial charge is 0.261 e. The first-order chi connectivity index (χ1) is 8.58. The summed E-state index contributed by atoms with van der Waals surface area (Å²) in [7, 11) is 0. The number of nitrogens with one attached hydrogen (secondary N) is 2. The lowest BCUT2D eigenvalue weighted by molar-refractivity contribution is 0.0183. The second-order valence-electron chi connectivity index (χ2n) is 4.60. The van der Waals surface area contributed by atoms with Crippen LogP contribution in [0.15, 0.2) is 6.20 Å². The third kappa shape index (κ3) is 6.66. The van der Waals surface area contributed by atoms with Gasteiger partial charge >= 0.3 is 0 Å². The van der Waals surface area contributed by atoms with Gasteiger partial charge in [-0.2, -0.15) is 0 Å². The van der Waals surface area contributed by atoms with Crippen LogP contribution in [0.4, 0.5) is 8.78 Å². The van der Waals surface area contributed by atoms with Crippen molar-refractivity contribution < 1.29 is 13.5 Å². The Kier molecular flexibility index (Phi) is 6.82. The normalized spacial score (nSPS) is 11.7. The number of H-pyrrole nitrogens is 1. The fraction of sp³-hybridized carbons (Fsp3) is 0.750. The molecule has 6 heteroatoms. The van der Waals surface area contributed by atoms with Crippen molar-refractivity contribution in [3.63, 3.8) is 0 Å². The Labute approximate surface area is 106 Å². The summed E-state index contributed by atoms with van der Waals surface area (Å²) >= 11 is 0. The van der Waals surface area contributed by atoms with Crippen molar-refractivity contribution in [1.82, 2.24) is 15.3 Å². The minimum Gasteiger partial charge on any atom is -0.375 e. The molecule has 18 heavy (non-hydrogen) atoms. The summed E-state index contributed by atoms with van der Waals surface area (Å²) in [5.41, 5.74) is 1.000. The molecule has 0 fully saturated rings. The Bertz CT molecular complexity index is 329. The topological polar surface area (TPSA) is 49.9 Å². The van der Waals surface area contributed by atoms with Crippen LogP contribution < -0.4 is 5.32 Å². The highest BCUT2D eigenvalue weighted by Gasteiger charge is 2.04. The van der Waals surface area contributed by atoms with Crippen molar-refractivity contribution >= 4 is 0 Å². The van der Waals surface area contributed by atoms with E-state index in [-0.39, 0.29) is 6.61 Å². The van der Waals surface area contributed by atoms with Gasteiger partial charge in [0.25, 0.3) is 6.43 Å². The van der Waals surface area contributed by atoms with Gasteiger partial charge < -0.3 is 15.0 Å². The quantitative estimate of drug-likeness (QED) is 0.668. The van der Waals surface area contributed by atoms with Crippen LogP contribution in [-0.4, -0.2) is 36.2 Å². The average molecular weight is 261 g/mol. The molecule has 0 aliphatic rings. The zero-order chi connectivity index (χ0) is 13.4. The summed E-state index contributed by atoms with van der Waals surface area (Å²) in [5, 5.41) is 3.29. The third-order valence-electron chi connectivity index (χ3n) is 2.28. The van der Waals surface area contributed by atoms with E-state index in [0.717, 1.165) is 24.6 Å². The van der Waals surface area contributed by atoms with Crippen LogP contribution in [0.5, 0.6) is 0 Å². The molecular weight excluding hydrogens is 240 g/mol. The lowest BCUT2D eigenvalue weighted by atomic mass is 10.2. The number of aromatic amines is 1. The van der Waals surface area contributed by atoms with Gasteiger partial charge in [-0.3, -0.25) is 0 Å². The zero-order valence-corrected chi connectivity index (χ0v) is 10.9. The van der Waals surface area contributed by atoms with Crippen molar-refractivity contribution in [3.05, 3.63) is 17.7 Å². The zero-order valence-electron chi connectivity index (χ0n) is 10.9. The number of hydrogen-bond acceptors (Lipinski definition) is 3. The Morgan fingerprint density at radius 2 is 2.22 bits per heavy atom. The lowest BCUT2D eigenvalue weighted by Crippen LogP contribution is -2.19. The molecule has 0 amide bonds. The molecular formula is C12H21F2N3O. The molecule has 0 unspecified atom stereocenters. The lowest BCUT2D eigenvalue weighted by Gasteiger charge is -2.05. The molecule has 0 radical (unpaired) electrons. The number of halogens is 2. The van der Waals surface area contributed by atoms with Gasteiger partial charge in [-0.1, -0.05) is 13.8 Å². The van der Waals surface area contributed by atoms with E-state index in [1.54, 1.807) is 6.20 Å². The highest BCUT2D eigenvalue weighted by atomic mass is 19.3. The van der Waals surface area contributed by atoms with Gasteiger partial charge in [0.15, 0.2) is 0 Å². The molecule has 2 N–H and O–H groups in total. The molecule has 0 spiro atoms. The number of aromatic nitrogens is 2. The minimum atomic E-state index is -2.41. The van der Waals surface area contributed by atoms with Crippen LogP contribution in [0.25, 0.3) is 0 Å². The average Bonchev–Trinajstić information content (AvgIpc) is 2.72. The predicted octanol–water partition coefficient (Wildman–Crippen LogP) is 1.98. The minimum absolute atomic E-state index is 0.261. The van der Waals surface area contributed by atoms with Crippen LogP contribution >= 0.6 is 0 Å². The van der Waals surface area contributed by atoms with Gasteiger partial charge in [0.2, 0.25) is 0 Å². The van der Waals surface area contributed by atoms with E-state index in [4.69, 9.17) is 4.74 Å².